The number of ketones is 2. The van der Waals surface area contributed by atoms with E-state index in [0.717, 1.165) is 39.8 Å². The van der Waals surface area contributed by atoms with E-state index in [1.165, 1.54) is 0 Å². The van der Waals surface area contributed by atoms with Gasteiger partial charge in [0.15, 0.2) is 11.6 Å². The molecule has 52 heavy (non-hydrogen) atoms. The van der Waals surface area contributed by atoms with E-state index in [9.17, 15) is 9.59 Å². The van der Waals surface area contributed by atoms with Crippen molar-refractivity contribution in [2.24, 2.45) is 0 Å². The Bertz CT molecular complexity index is 2410. The molecular formula is C46H28I2O4. The predicted molar refractivity (Wildman–Crippen MR) is 225 cm³/mol. The van der Waals surface area contributed by atoms with Gasteiger partial charge in [-0.2, -0.15) is 0 Å². The molecule has 6 heteroatoms. The van der Waals surface area contributed by atoms with E-state index in [0.29, 0.717) is 45.3 Å². The number of hydrogen-bond donors (Lipinski definition) is 0. The average Bonchev–Trinajstić information content (AvgIpc) is 3.19. The summed E-state index contributed by atoms with van der Waals surface area (Å²) in [5.41, 5.74) is 4.22. The van der Waals surface area contributed by atoms with Gasteiger partial charge in [-0.25, -0.2) is 0 Å². The summed E-state index contributed by atoms with van der Waals surface area (Å²) in [5.74, 6) is 2.42. The van der Waals surface area contributed by atoms with E-state index in [1.54, 1.807) is 24.3 Å². The van der Waals surface area contributed by atoms with Gasteiger partial charge < -0.3 is 9.47 Å². The lowest BCUT2D eigenvalue weighted by molar-refractivity contribution is 0.103. The fraction of sp³-hybridized carbons (Fsp3) is 0. The quantitative estimate of drug-likeness (QED) is 0.107. The summed E-state index contributed by atoms with van der Waals surface area (Å²) >= 11 is 4.46. The van der Waals surface area contributed by atoms with Crippen LogP contribution >= 0.6 is 45.2 Å². The molecule has 0 unspecified atom stereocenters. The first-order valence-electron chi connectivity index (χ1n) is 16.6. The van der Waals surface area contributed by atoms with Gasteiger partial charge in [-0.3, -0.25) is 9.59 Å². The molecule has 0 heterocycles. The molecule has 8 aromatic carbocycles. The number of hydrogen-bond acceptors (Lipinski definition) is 4. The third kappa shape index (κ3) is 6.96. The Morgan fingerprint density at radius 2 is 0.692 bits per heavy atom. The van der Waals surface area contributed by atoms with E-state index >= 15 is 0 Å². The van der Waals surface area contributed by atoms with Crippen LogP contribution in [0.4, 0.5) is 0 Å². The van der Waals surface area contributed by atoms with Gasteiger partial charge in [0.05, 0.1) is 0 Å². The molecule has 8 aromatic rings. The fourth-order valence-electron chi connectivity index (χ4n) is 6.33. The highest BCUT2D eigenvalue weighted by molar-refractivity contribution is 14.1. The first kappa shape index (κ1) is 33.8. The Balaban J connectivity index is 1.18. The van der Waals surface area contributed by atoms with Gasteiger partial charge >= 0.3 is 0 Å². The van der Waals surface area contributed by atoms with Gasteiger partial charge in [0.25, 0.3) is 0 Å². The van der Waals surface area contributed by atoms with E-state index in [2.05, 4.69) is 81.6 Å². The maximum Gasteiger partial charge on any atom is 0.193 e. The summed E-state index contributed by atoms with van der Waals surface area (Å²) < 4.78 is 15.5. The van der Waals surface area contributed by atoms with E-state index in [4.69, 9.17) is 9.47 Å². The van der Waals surface area contributed by atoms with Crippen LogP contribution in [0.2, 0.25) is 0 Å². The Morgan fingerprint density at radius 3 is 1.06 bits per heavy atom. The molecule has 0 aromatic heterocycles. The molecule has 0 aliphatic rings. The molecule has 4 nitrogen and oxygen atoms in total. The lowest BCUT2D eigenvalue weighted by Gasteiger charge is -2.20. The summed E-state index contributed by atoms with van der Waals surface area (Å²) in [6.07, 6.45) is 0. The zero-order valence-corrected chi connectivity index (χ0v) is 31.9. The van der Waals surface area contributed by atoms with Crippen LogP contribution in [-0.2, 0) is 0 Å². The van der Waals surface area contributed by atoms with Crippen molar-refractivity contribution in [2.45, 2.75) is 0 Å². The van der Waals surface area contributed by atoms with Crippen molar-refractivity contribution in [3.05, 3.63) is 199 Å². The van der Waals surface area contributed by atoms with Crippen molar-refractivity contribution in [1.82, 2.24) is 0 Å². The van der Waals surface area contributed by atoms with Crippen molar-refractivity contribution in [3.8, 4) is 34.1 Å². The minimum atomic E-state index is -0.0425. The molecule has 0 bridgehead atoms. The largest absolute Gasteiger partial charge is 0.457 e. The van der Waals surface area contributed by atoms with E-state index in [-0.39, 0.29) is 11.6 Å². The van der Waals surface area contributed by atoms with Crippen LogP contribution in [0.1, 0.15) is 31.8 Å². The van der Waals surface area contributed by atoms with Crippen molar-refractivity contribution >= 4 is 78.3 Å². The lowest BCUT2D eigenvalue weighted by Crippen LogP contribution is -2.01. The summed E-state index contributed by atoms with van der Waals surface area (Å²) in [6, 6.07) is 54.2. The predicted octanol–water partition coefficient (Wildman–Crippen LogP) is 12.9. The van der Waals surface area contributed by atoms with Gasteiger partial charge in [-0.1, -0.05) is 60.7 Å². The standard InChI is InChI=1S/C46H28I2O4/c47-35-19-9-31(10-20-35)45(49)33-13-23-37(24-14-33)51-41-27-17-29-5-1-3-7-39(29)43(41)44-40-8-4-2-6-30(40)18-28-42(44)52-38-25-15-34(16-26-38)46(50)32-11-21-36(48)22-12-32/h1-28H. The monoisotopic (exact) mass is 898 g/mol. The van der Waals surface area contributed by atoms with Gasteiger partial charge in [0.1, 0.15) is 23.0 Å². The molecule has 0 N–H and O–H groups in total. The van der Waals surface area contributed by atoms with Crippen molar-refractivity contribution in [1.29, 1.82) is 0 Å². The van der Waals surface area contributed by atoms with Crippen LogP contribution in [0, 0.1) is 7.14 Å². The molecule has 0 atom stereocenters. The maximum atomic E-state index is 13.2. The lowest BCUT2D eigenvalue weighted by atomic mass is 9.92. The molecule has 0 amide bonds. The van der Waals surface area contributed by atoms with Gasteiger partial charge in [0, 0.05) is 40.5 Å². The third-order valence-corrected chi connectivity index (χ3v) is 10.4. The number of carbonyl (C=O) groups excluding carboxylic acids is 2. The summed E-state index contributed by atoms with van der Waals surface area (Å²) in [5, 5.41) is 4.12. The molecule has 250 valence electrons. The second-order valence-electron chi connectivity index (χ2n) is 12.2. The van der Waals surface area contributed by atoms with E-state index < -0.39 is 0 Å². The SMILES string of the molecule is O=C(c1ccc(I)cc1)c1ccc(Oc2ccc3ccccc3c2-c2c(Oc3ccc(C(=O)c4ccc(I)cc4)cc3)ccc3ccccc23)cc1. The molecule has 0 aliphatic carbocycles. The second kappa shape index (κ2) is 14.7. The number of ether oxygens (including phenoxy) is 2. The normalized spacial score (nSPS) is 11.0. The van der Waals surface area contributed by atoms with Gasteiger partial charge in [0.2, 0.25) is 0 Å². The Kier molecular flexibility index (Phi) is 9.58. The topological polar surface area (TPSA) is 52.6 Å². The zero-order valence-electron chi connectivity index (χ0n) is 27.6. The maximum absolute atomic E-state index is 13.2. The molecule has 0 fully saturated rings. The summed E-state index contributed by atoms with van der Waals surface area (Å²) in [4.78, 5) is 26.4. The minimum absolute atomic E-state index is 0.0425. The molecule has 0 saturated heterocycles. The Labute approximate surface area is 328 Å². The number of fused-ring (bicyclic) bond motifs is 2. The Hall–Kier alpha value is -5.32. The highest BCUT2D eigenvalue weighted by Gasteiger charge is 2.21. The number of carbonyl (C=O) groups is 2. The van der Waals surface area contributed by atoms with Crippen molar-refractivity contribution in [2.75, 3.05) is 0 Å². The molecular weight excluding hydrogens is 870 g/mol. The first-order chi connectivity index (χ1) is 25.4. The van der Waals surface area contributed by atoms with Crippen LogP contribution in [0.15, 0.2) is 170 Å². The van der Waals surface area contributed by atoms with Gasteiger partial charge in [-0.15, -0.1) is 0 Å². The van der Waals surface area contributed by atoms with Gasteiger partial charge in [-0.05, 0) is 176 Å². The van der Waals surface area contributed by atoms with Crippen molar-refractivity contribution < 1.29 is 19.1 Å². The van der Waals surface area contributed by atoms with E-state index in [1.807, 2.05) is 109 Å². The highest BCUT2D eigenvalue weighted by atomic mass is 127. The molecule has 0 saturated carbocycles. The average molecular weight is 899 g/mol. The third-order valence-electron chi connectivity index (χ3n) is 8.93. The molecule has 0 aliphatic heterocycles. The van der Waals surface area contributed by atoms with Crippen LogP contribution in [0.3, 0.4) is 0 Å². The smallest absolute Gasteiger partial charge is 0.193 e. The summed E-state index contributed by atoms with van der Waals surface area (Å²) in [6.45, 7) is 0. The molecule has 0 spiro atoms. The Morgan fingerprint density at radius 1 is 0.365 bits per heavy atom. The van der Waals surface area contributed by atoms with Crippen LogP contribution in [0.5, 0.6) is 23.0 Å². The highest BCUT2D eigenvalue weighted by Crippen LogP contribution is 2.47. The van der Waals surface area contributed by atoms with Crippen LogP contribution in [-0.4, -0.2) is 11.6 Å². The first-order valence-corrected chi connectivity index (χ1v) is 18.8. The number of halogens is 2. The summed E-state index contributed by atoms with van der Waals surface area (Å²) in [7, 11) is 0. The zero-order chi connectivity index (χ0) is 35.6. The minimum Gasteiger partial charge on any atom is -0.457 e. The number of rotatable bonds is 9. The molecule has 0 radical (unpaired) electrons. The second-order valence-corrected chi connectivity index (χ2v) is 14.7. The number of benzene rings is 8. The van der Waals surface area contributed by atoms with Crippen LogP contribution in [0.25, 0.3) is 32.7 Å². The molecule has 8 rings (SSSR count). The van der Waals surface area contributed by atoms with Crippen LogP contribution < -0.4 is 9.47 Å². The van der Waals surface area contributed by atoms with Crippen molar-refractivity contribution in [3.63, 3.8) is 0 Å². The fourth-order valence-corrected chi connectivity index (χ4v) is 7.05.